The second kappa shape index (κ2) is 3.41. The van der Waals surface area contributed by atoms with Crippen LogP contribution in [0.15, 0.2) is 12.1 Å². The van der Waals surface area contributed by atoms with Crippen LogP contribution in [0.1, 0.15) is 31.1 Å². The van der Waals surface area contributed by atoms with Gasteiger partial charge in [-0.2, -0.15) is 0 Å². The van der Waals surface area contributed by atoms with Crippen molar-refractivity contribution in [2.75, 3.05) is 5.32 Å². The topological polar surface area (TPSA) is 121 Å². The number of hydrogen-bond acceptors (Lipinski definition) is 4. The van der Waals surface area contributed by atoms with Crippen molar-refractivity contribution < 1.29 is 29.4 Å². The molecule has 17 heavy (non-hydrogen) atoms. The van der Waals surface area contributed by atoms with Gasteiger partial charge in [-0.05, 0) is 12.1 Å². The van der Waals surface area contributed by atoms with Gasteiger partial charge in [0.1, 0.15) is 0 Å². The van der Waals surface area contributed by atoms with Crippen LogP contribution in [0.3, 0.4) is 0 Å². The van der Waals surface area contributed by atoms with Crippen molar-refractivity contribution >= 4 is 29.3 Å². The highest BCUT2D eigenvalue weighted by atomic mass is 16.4. The zero-order valence-corrected chi connectivity index (χ0v) is 8.18. The van der Waals surface area contributed by atoms with Crippen molar-refractivity contribution in [3.8, 4) is 0 Å². The highest BCUT2D eigenvalue weighted by Gasteiger charge is 2.33. The van der Waals surface area contributed by atoms with E-state index < -0.39 is 29.2 Å². The monoisotopic (exact) mass is 235 g/mol. The first-order valence-corrected chi connectivity index (χ1v) is 4.42. The lowest BCUT2D eigenvalue weighted by atomic mass is 10.0. The summed E-state index contributed by atoms with van der Waals surface area (Å²) in [5.41, 5.74) is -1.16. The van der Waals surface area contributed by atoms with Crippen LogP contribution < -0.4 is 5.32 Å². The fourth-order valence-electron chi connectivity index (χ4n) is 1.54. The summed E-state index contributed by atoms with van der Waals surface area (Å²) in [7, 11) is 0. The van der Waals surface area contributed by atoms with Crippen molar-refractivity contribution in [1.82, 2.24) is 0 Å². The molecule has 2 rings (SSSR count). The minimum atomic E-state index is -1.42. The first-order chi connectivity index (χ1) is 7.91. The number of amides is 1. The molecule has 0 aliphatic carbocycles. The van der Waals surface area contributed by atoms with Crippen LogP contribution in [0.4, 0.5) is 5.69 Å². The molecule has 0 spiro atoms. The first kappa shape index (κ1) is 10.8. The number of fused-ring (bicyclic) bond motifs is 1. The molecule has 1 amide bonds. The van der Waals surface area contributed by atoms with E-state index in [1.165, 1.54) is 0 Å². The minimum absolute atomic E-state index is 0.155. The van der Waals surface area contributed by atoms with Crippen LogP contribution in [0.2, 0.25) is 0 Å². The Balaban J connectivity index is 2.75. The lowest BCUT2D eigenvalue weighted by Crippen LogP contribution is -2.12. The van der Waals surface area contributed by atoms with Crippen molar-refractivity contribution in [2.24, 2.45) is 0 Å². The van der Waals surface area contributed by atoms with E-state index in [4.69, 9.17) is 10.2 Å². The molecule has 0 aromatic heterocycles. The number of carbonyl (C=O) groups is 4. The third-order valence-electron chi connectivity index (χ3n) is 2.31. The number of carboxylic acids is 2. The van der Waals surface area contributed by atoms with Crippen molar-refractivity contribution in [3.63, 3.8) is 0 Å². The van der Waals surface area contributed by atoms with Gasteiger partial charge < -0.3 is 15.5 Å². The maximum Gasteiger partial charge on any atom is 0.337 e. The van der Waals surface area contributed by atoms with Gasteiger partial charge in [-0.25, -0.2) is 9.59 Å². The third kappa shape index (κ3) is 1.53. The van der Waals surface area contributed by atoms with Crippen molar-refractivity contribution in [3.05, 3.63) is 28.8 Å². The summed E-state index contributed by atoms with van der Waals surface area (Å²) in [5.74, 6) is -4.70. The van der Waals surface area contributed by atoms with Crippen molar-refractivity contribution in [1.29, 1.82) is 0 Å². The van der Waals surface area contributed by atoms with Crippen LogP contribution in [-0.2, 0) is 4.79 Å². The summed E-state index contributed by atoms with van der Waals surface area (Å²) in [5, 5.41) is 19.7. The number of aromatic carboxylic acids is 2. The van der Waals surface area contributed by atoms with Crippen LogP contribution in [0.25, 0.3) is 0 Å². The van der Waals surface area contributed by atoms with E-state index in [-0.39, 0.29) is 16.8 Å². The Hall–Kier alpha value is -2.70. The molecule has 0 fully saturated rings. The molecule has 1 aliphatic heterocycles. The van der Waals surface area contributed by atoms with Crippen molar-refractivity contribution in [2.45, 2.75) is 0 Å². The molecular formula is C10H5NO6. The normalized spacial score (nSPS) is 13.2. The van der Waals surface area contributed by atoms with E-state index in [2.05, 4.69) is 5.32 Å². The molecule has 0 bridgehead atoms. The Morgan fingerprint density at radius 3 is 2.24 bits per heavy atom. The lowest BCUT2D eigenvalue weighted by molar-refractivity contribution is -0.112. The quantitative estimate of drug-likeness (QED) is 0.630. The molecule has 0 saturated carbocycles. The van der Waals surface area contributed by atoms with Gasteiger partial charge in [0, 0.05) is 0 Å². The van der Waals surface area contributed by atoms with Crippen LogP contribution >= 0.6 is 0 Å². The summed E-state index contributed by atoms with van der Waals surface area (Å²) in [6.45, 7) is 0. The number of carboxylic acid groups (broad SMARTS) is 2. The van der Waals surface area contributed by atoms with Gasteiger partial charge >= 0.3 is 11.9 Å². The summed E-state index contributed by atoms with van der Waals surface area (Å²) in [6, 6.07) is 1.87. The first-order valence-electron chi connectivity index (χ1n) is 4.42. The Kier molecular flexibility index (Phi) is 2.17. The maximum absolute atomic E-state index is 11.3. The number of benzene rings is 1. The number of rotatable bonds is 2. The predicted octanol–water partition coefficient (Wildman–Crippen LogP) is 0.218. The second-order valence-corrected chi connectivity index (χ2v) is 3.34. The van der Waals surface area contributed by atoms with Crippen LogP contribution in [0, 0.1) is 0 Å². The molecule has 0 radical (unpaired) electrons. The molecule has 0 saturated heterocycles. The zero-order valence-electron chi connectivity index (χ0n) is 8.18. The molecule has 1 aromatic carbocycles. The Morgan fingerprint density at radius 2 is 1.71 bits per heavy atom. The SMILES string of the molecule is O=C1Nc2c(C(=O)O)cc(C(=O)O)cc2C1=O. The average molecular weight is 235 g/mol. The Morgan fingerprint density at radius 1 is 1.06 bits per heavy atom. The maximum atomic E-state index is 11.3. The van der Waals surface area contributed by atoms with Gasteiger partial charge in [0.25, 0.3) is 11.7 Å². The largest absolute Gasteiger partial charge is 0.478 e. The van der Waals surface area contributed by atoms with E-state index in [9.17, 15) is 19.2 Å². The average Bonchev–Trinajstić information content (AvgIpc) is 2.54. The smallest absolute Gasteiger partial charge is 0.337 e. The molecule has 1 aromatic rings. The molecule has 86 valence electrons. The highest BCUT2D eigenvalue weighted by Crippen LogP contribution is 2.29. The fraction of sp³-hybridized carbons (Fsp3) is 0. The summed E-state index contributed by atoms with van der Waals surface area (Å²) < 4.78 is 0. The molecule has 3 N–H and O–H groups in total. The van der Waals surface area contributed by atoms with Gasteiger partial charge in [-0.1, -0.05) is 0 Å². The predicted molar refractivity (Wildman–Crippen MR) is 53.3 cm³/mol. The Bertz CT molecular complexity index is 589. The van der Waals surface area contributed by atoms with Gasteiger partial charge in [0.15, 0.2) is 0 Å². The second-order valence-electron chi connectivity index (χ2n) is 3.34. The van der Waals surface area contributed by atoms with Crippen LogP contribution in [-0.4, -0.2) is 33.8 Å². The van der Waals surface area contributed by atoms with E-state index >= 15 is 0 Å². The van der Waals surface area contributed by atoms with E-state index in [1.54, 1.807) is 0 Å². The number of hydrogen-bond donors (Lipinski definition) is 3. The summed E-state index contributed by atoms with van der Waals surface area (Å²) in [4.78, 5) is 44.1. The zero-order chi connectivity index (χ0) is 12.7. The molecule has 0 unspecified atom stereocenters. The number of ketones is 1. The highest BCUT2D eigenvalue weighted by molar-refractivity contribution is 6.52. The minimum Gasteiger partial charge on any atom is -0.478 e. The fourth-order valence-corrected chi connectivity index (χ4v) is 1.54. The van der Waals surface area contributed by atoms with Gasteiger partial charge in [-0.15, -0.1) is 0 Å². The number of nitrogens with one attached hydrogen (secondary N) is 1. The number of carbonyl (C=O) groups excluding carboxylic acids is 2. The lowest BCUT2D eigenvalue weighted by Gasteiger charge is -2.04. The summed E-state index contributed by atoms with van der Waals surface area (Å²) >= 11 is 0. The molecule has 0 atom stereocenters. The van der Waals surface area contributed by atoms with E-state index in [1.807, 2.05) is 0 Å². The Labute approximate surface area is 93.7 Å². The molecule has 7 heteroatoms. The summed E-state index contributed by atoms with van der Waals surface area (Å²) in [6.07, 6.45) is 0. The standard InChI is InChI=1S/C10H5NO6/c12-7-4-1-3(9(14)15)2-5(10(16)17)6(4)11-8(7)13/h1-2H,(H,14,15)(H,16,17)(H,11,12,13). The molecular weight excluding hydrogens is 230 g/mol. The van der Waals surface area contributed by atoms with Gasteiger partial charge in [0.2, 0.25) is 0 Å². The van der Waals surface area contributed by atoms with E-state index in [0.717, 1.165) is 12.1 Å². The molecule has 1 heterocycles. The van der Waals surface area contributed by atoms with Gasteiger partial charge in [-0.3, -0.25) is 9.59 Å². The van der Waals surface area contributed by atoms with E-state index in [0.29, 0.717) is 0 Å². The van der Waals surface area contributed by atoms with Crippen LogP contribution in [0.5, 0.6) is 0 Å². The number of Topliss-reactive ketones (excluding diaryl/α,β-unsaturated/α-hetero) is 1. The van der Waals surface area contributed by atoms with Gasteiger partial charge in [0.05, 0.1) is 22.4 Å². The third-order valence-corrected chi connectivity index (χ3v) is 2.31. The molecule has 1 aliphatic rings. The molecule has 7 nitrogen and oxygen atoms in total. The number of anilines is 1.